The van der Waals surface area contributed by atoms with E-state index >= 15 is 0 Å². The monoisotopic (exact) mass is 275 g/mol. The molecule has 1 aromatic rings. The highest BCUT2D eigenvalue weighted by Gasteiger charge is 2.35. The third-order valence-corrected chi connectivity index (χ3v) is 4.48. The molecule has 0 aliphatic heterocycles. The van der Waals surface area contributed by atoms with Crippen molar-refractivity contribution in [2.75, 3.05) is 11.9 Å². The average molecular weight is 275 g/mol. The van der Waals surface area contributed by atoms with Crippen LogP contribution in [0.4, 0.5) is 5.69 Å². The third-order valence-electron chi connectivity index (χ3n) is 4.48. The summed E-state index contributed by atoms with van der Waals surface area (Å²) < 4.78 is 0. The Morgan fingerprint density at radius 2 is 2.20 bits per heavy atom. The molecule has 0 radical (unpaired) electrons. The molecule has 20 heavy (non-hydrogen) atoms. The third kappa shape index (κ3) is 3.99. The molecule has 2 rings (SSSR count). The van der Waals surface area contributed by atoms with Crippen LogP contribution in [0.2, 0.25) is 0 Å². The van der Waals surface area contributed by atoms with Gasteiger partial charge in [0.15, 0.2) is 0 Å². The van der Waals surface area contributed by atoms with E-state index in [-0.39, 0.29) is 12.1 Å². The van der Waals surface area contributed by atoms with Crippen LogP contribution < -0.4 is 5.32 Å². The molecule has 0 aromatic heterocycles. The second-order valence-electron chi connectivity index (χ2n) is 7.02. The van der Waals surface area contributed by atoms with Crippen LogP contribution in [0.3, 0.4) is 0 Å². The van der Waals surface area contributed by atoms with E-state index in [1.165, 1.54) is 24.8 Å². The van der Waals surface area contributed by atoms with Crippen LogP contribution in [0.5, 0.6) is 0 Å². The summed E-state index contributed by atoms with van der Waals surface area (Å²) in [6.45, 7) is 6.93. The summed E-state index contributed by atoms with van der Waals surface area (Å²) in [4.78, 5) is 0. The van der Waals surface area contributed by atoms with Gasteiger partial charge in [-0.25, -0.2) is 0 Å². The van der Waals surface area contributed by atoms with Crippen molar-refractivity contribution < 1.29 is 5.11 Å². The van der Waals surface area contributed by atoms with Crippen LogP contribution in [0.25, 0.3) is 0 Å². The van der Waals surface area contributed by atoms with Crippen molar-refractivity contribution in [1.82, 2.24) is 0 Å². The summed E-state index contributed by atoms with van der Waals surface area (Å²) in [7, 11) is 0. The minimum Gasteiger partial charge on any atom is -0.394 e. The van der Waals surface area contributed by atoms with Crippen LogP contribution >= 0.6 is 0 Å². The molecule has 1 aromatic carbocycles. The van der Waals surface area contributed by atoms with Crippen molar-refractivity contribution in [3.8, 4) is 0 Å². The second-order valence-corrected chi connectivity index (χ2v) is 7.02. The summed E-state index contributed by atoms with van der Waals surface area (Å²) in [5, 5.41) is 13.6. The lowest BCUT2D eigenvalue weighted by Gasteiger charge is -2.41. The van der Waals surface area contributed by atoms with Gasteiger partial charge >= 0.3 is 0 Å². The van der Waals surface area contributed by atoms with Gasteiger partial charge in [0.2, 0.25) is 0 Å². The standard InChI is InChI=1S/C18H29NO/c1-14(2)10-16-7-5-9-18(12-16,13-20)19-17-8-4-6-15(3)11-17/h4,6,8,11,14,16,19-20H,5,7,9-10,12-13H2,1-3H3. The quantitative estimate of drug-likeness (QED) is 0.836. The average Bonchev–Trinajstić information content (AvgIpc) is 2.38. The summed E-state index contributed by atoms with van der Waals surface area (Å²) >= 11 is 0. The Morgan fingerprint density at radius 3 is 2.85 bits per heavy atom. The number of nitrogens with one attached hydrogen (secondary N) is 1. The van der Waals surface area contributed by atoms with Gasteiger partial charge in [-0.1, -0.05) is 38.8 Å². The van der Waals surface area contributed by atoms with Gasteiger partial charge in [0.05, 0.1) is 12.1 Å². The first-order valence-electron chi connectivity index (χ1n) is 7.99. The molecule has 2 N–H and O–H groups in total. The highest BCUT2D eigenvalue weighted by Crippen LogP contribution is 2.37. The molecule has 0 heterocycles. The molecule has 0 bridgehead atoms. The Hall–Kier alpha value is -1.02. The summed E-state index contributed by atoms with van der Waals surface area (Å²) in [5.41, 5.74) is 2.29. The van der Waals surface area contributed by atoms with Crippen molar-refractivity contribution in [2.45, 2.75) is 58.4 Å². The highest BCUT2D eigenvalue weighted by molar-refractivity contribution is 5.48. The molecule has 2 unspecified atom stereocenters. The summed E-state index contributed by atoms with van der Waals surface area (Å²) in [6, 6.07) is 8.47. The number of benzene rings is 1. The Balaban J connectivity index is 2.08. The molecule has 0 spiro atoms. The predicted molar refractivity (Wildman–Crippen MR) is 86.0 cm³/mol. The maximum atomic E-state index is 9.96. The first kappa shape index (κ1) is 15.4. The lowest BCUT2D eigenvalue weighted by atomic mass is 9.73. The van der Waals surface area contributed by atoms with Crippen molar-refractivity contribution >= 4 is 5.69 Å². The molecule has 1 fully saturated rings. The number of hydrogen-bond acceptors (Lipinski definition) is 2. The van der Waals surface area contributed by atoms with Gasteiger partial charge in [0.1, 0.15) is 0 Å². The first-order chi connectivity index (χ1) is 9.53. The molecule has 112 valence electrons. The largest absolute Gasteiger partial charge is 0.394 e. The number of aryl methyl sites for hydroxylation is 1. The van der Waals surface area contributed by atoms with Gasteiger partial charge < -0.3 is 10.4 Å². The predicted octanol–water partition coefficient (Wildman–Crippen LogP) is 4.37. The van der Waals surface area contributed by atoms with Crippen molar-refractivity contribution in [1.29, 1.82) is 0 Å². The minimum atomic E-state index is -0.119. The van der Waals surface area contributed by atoms with Gasteiger partial charge in [-0.3, -0.25) is 0 Å². The fourth-order valence-corrected chi connectivity index (χ4v) is 3.68. The molecule has 1 saturated carbocycles. The number of hydrogen-bond donors (Lipinski definition) is 2. The van der Waals surface area contributed by atoms with Gasteiger partial charge in [-0.15, -0.1) is 0 Å². The maximum absolute atomic E-state index is 9.96. The smallest absolute Gasteiger partial charge is 0.0661 e. The van der Waals surface area contributed by atoms with Gasteiger partial charge in [-0.05, 0) is 55.7 Å². The van der Waals surface area contributed by atoms with Crippen LogP contribution in [0, 0.1) is 18.8 Å². The lowest BCUT2D eigenvalue weighted by Crippen LogP contribution is -2.46. The topological polar surface area (TPSA) is 32.3 Å². The van der Waals surface area contributed by atoms with Crippen LogP contribution in [-0.4, -0.2) is 17.3 Å². The van der Waals surface area contributed by atoms with E-state index in [0.29, 0.717) is 0 Å². The SMILES string of the molecule is Cc1cccc(NC2(CO)CCCC(CC(C)C)C2)c1. The molecule has 0 amide bonds. The van der Waals surface area contributed by atoms with Gasteiger partial charge in [0, 0.05) is 5.69 Å². The Morgan fingerprint density at radius 1 is 1.40 bits per heavy atom. The highest BCUT2D eigenvalue weighted by atomic mass is 16.3. The van der Waals surface area contributed by atoms with Crippen LogP contribution in [-0.2, 0) is 0 Å². The van der Waals surface area contributed by atoms with Gasteiger partial charge in [-0.2, -0.15) is 0 Å². The molecule has 0 saturated heterocycles. The maximum Gasteiger partial charge on any atom is 0.0661 e. The zero-order chi connectivity index (χ0) is 14.6. The molecule has 2 heteroatoms. The molecule has 2 nitrogen and oxygen atoms in total. The zero-order valence-corrected chi connectivity index (χ0v) is 13.2. The molecular weight excluding hydrogens is 246 g/mol. The van der Waals surface area contributed by atoms with E-state index in [4.69, 9.17) is 0 Å². The number of aliphatic hydroxyl groups excluding tert-OH is 1. The van der Waals surface area contributed by atoms with E-state index in [2.05, 4.69) is 50.4 Å². The Kier molecular flexibility index (Phi) is 5.09. The first-order valence-corrected chi connectivity index (χ1v) is 7.99. The zero-order valence-electron chi connectivity index (χ0n) is 13.2. The molecule has 1 aliphatic carbocycles. The fraction of sp³-hybridized carbons (Fsp3) is 0.667. The Bertz CT molecular complexity index is 429. The lowest BCUT2D eigenvalue weighted by molar-refractivity contribution is 0.135. The molecule has 1 aliphatic rings. The van der Waals surface area contributed by atoms with Crippen molar-refractivity contribution in [2.24, 2.45) is 11.8 Å². The molecule has 2 atom stereocenters. The fourth-order valence-electron chi connectivity index (χ4n) is 3.68. The van der Waals surface area contributed by atoms with E-state index in [9.17, 15) is 5.11 Å². The molecular formula is C18H29NO. The van der Waals surface area contributed by atoms with Gasteiger partial charge in [0.25, 0.3) is 0 Å². The van der Waals surface area contributed by atoms with E-state index in [0.717, 1.165) is 30.4 Å². The number of rotatable bonds is 5. The summed E-state index contributed by atoms with van der Waals surface area (Å²) in [5.74, 6) is 1.49. The normalized spacial score (nSPS) is 26.8. The minimum absolute atomic E-state index is 0.119. The summed E-state index contributed by atoms with van der Waals surface area (Å²) in [6.07, 6.45) is 5.98. The van der Waals surface area contributed by atoms with E-state index in [1.54, 1.807) is 0 Å². The number of anilines is 1. The second kappa shape index (κ2) is 6.62. The number of aliphatic hydroxyl groups is 1. The van der Waals surface area contributed by atoms with Crippen molar-refractivity contribution in [3.05, 3.63) is 29.8 Å². The van der Waals surface area contributed by atoms with Crippen molar-refractivity contribution in [3.63, 3.8) is 0 Å². The Labute approximate surface area is 123 Å². The van der Waals surface area contributed by atoms with Crippen LogP contribution in [0.1, 0.15) is 51.5 Å². The van der Waals surface area contributed by atoms with Crippen LogP contribution in [0.15, 0.2) is 24.3 Å². The van der Waals surface area contributed by atoms with E-state index in [1.807, 2.05) is 0 Å². The van der Waals surface area contributed by atoms with E-state index < -0.39 is 0 Å².